The molecular weight excluding hydrogens is 599 g/mol. The lowest BCUT2D eigenvalue weighted by Gasteiger charge is -2.30. The summed E-state index contributed by atoms with van der Waals surface area (Å²) in [6.07, 6.45) is 29.6. The average Bonchev–Trinajstić information content (AvgIpc) is 2.99. The van der Waals surface area contributed by atoms with Crippen molar-refractivity contribution in [2.45, 2.75) is 193 Å². The average molecular weight is 677 g/mol. The van der Waals surface area contributed by atoms with E-state index in [1.807, 2.05) is 21.1 Å². The van der Waals surface area contributed by atoms with Gasteiger partial charge in [0.05, 0.1) is 39.9 Å². The van der Waals surface area contributed by atoms with E-state index in [0.717, 1.165) is 38.5 Å². The SMILES string of the molecule is CCCCCCCCCCCCCCCCCC(O)C(COP(=O)([O-])OCC[N+](C)(C)C)NC(=O)CCCCCCCCCCC. The van der Waals surface area contributed by atoms with Gasteiger partial charge in [-0.2, -0.15) is 0 Å². The second-order valence-electron chi connectivity index (χ2n) is 14.6. The van der Waals surface area contributed by atoms with Crippen LogP contribution in [0.25, 0.3) is 0 Å². The molecule has 0 saturated carbocycles. The fraction of sp³-hybridized carbons (Fsp3) is 0.973. The summed E-state index contributed by atoms with van der Waals surface area (Å²) in [5.41, 5.74) is 0. The van der Waals surface area contributed by atoms with E-state index >= 15 is 0 Å². The Morgan fingerprint density at radius 2 is 1.07 bits per heavy atom. The fourth-order valence-electron chi connectivity index (χ4n) is 5.69. The number of carbonyl (C=O) groups excluding carboxylic acids is 1. The molecule has 9 heteroatoms. The maximum absolute atomic E-state index is 12.7. The number of hydrogen-bond donors (Lipinski definition) is 2. The molecule has 1 amide bonds. The Bertz CT molecular complexity index is 733. The zero-order valence-corrected chi connectivity index (χ0v) is 31.9. The minimum atomic E-state index is -4.55. The van der Waals surface area contributed by atoms with Crippen LogP contribution in [0.4, 0.5) is 0 Å². The molecule has 46 heavy (non-hydrogen) atoms. The highest BCUT2D eigenvalue weighted by atomic mass is 31.2. The zero-order valence-electron chi connectivity index (χ0n) is 31.0. The molecule has 276 valence electrons. The maximum Gasteiger partial charge on any atom is 0.268 e. The first kappa shape index (κ1) is 45.5. The molecule has 0 aliphatic rings. The number of aliphatic hydroxyl groups excluding tert-OH is 1. The second kappa shape index (κ2) is 30.6. The summed E-state index contributed by atoms with van der Waals surface area (Å²) in [4.78, 5) is 25.1. The van der Waals surface area contributed by atoms with Gasteiger partial charge in [0.1, 0.15) is 13.2 Å². The Hall–Kier alpha value is -0.500. The Labute approximate surface area is 285 Å². The molecule has 3 atom stereocenters. The normalized spacial score (nSPS) is 14.7. The third kappa shape index (κ3) is 32.1. The molecule has 2 N–H and O–H groups in total. The zero-order chi connectivity index (χ0) is 34.4. The van der Waals surface area contributed by atoms with Gasteiger partial charge in [-0.05, 0) is 12.8 Å². The summed E-state index contributed by atoms with van der Waals surface area (Å²) in [6, 6.07) is -0.790. The van der Waals surface area contributed by atoms with Crippen LogP contribution in [0, 0.1) is 0 Å². The number of rotatable bonds is 35. The van der Waals surface area contributed by atoms with Crippen LogP contribution < -0.4 is 10.2 Å². The van der Waals surface area contributed by atoms with E-state index in [2.05, 4.69) is 19.2 Å². The molecule has 0 saturated heterocycles. The van der Waals surface area contributed by atoms with Crippen molar-refractivity contribution in [1.82, 2.24) is 5.32 Å². The Morgan fingerprint density at radius 1 is 0.674 bits per heavy atom. The van der Waals surface area contributed by atoms with E-state index in [0.29, 0.717) is 23.9 Å². The second-order valence-corrected chi connectivity index (χ2v) is 16.1. The lowest BCUT2D eigenvalue weighted by molar-refractivity contribution is -0.870. The highest BCUT2D eigenvalue weighted by Gasteiger charge is 2.24. The summed E-state index contributed by atoms with van der Waals surface area (Å²) < 4.78 is 23.1. The van der Waals surface area contributed by atoms with Crippen molar-refractivity contribution in [3.05, 3.63) is 0 Å². The van der Waals surface area contributed by atoms with Gasteiger partial charge in [0.25, 0.3) is 7.82 Å². The molecule has 0 aromatic carbocycles. The van der Waals surface area contributed by atoms with Gasteiger partial charge in [-0.1, -0.05) is 162 Å². The predicted molar refractivity (Wildman–Crippen MR) is 192 cm³/mol. The number of unbranched alkanes of at least 4 members (excludes halogenated alkanes) is 22. The van der Waals surface area contributed by atoms with E-state index in [1.54, 1.807) is 0 Å². The smallest absolute Gasteiger partial charge is 0.268 e. The molecule has 0 radical (unpaired) electrons. The molecular formula is C37H77N2O6P. The van der Waals surface area contributed by atoms with Gasteiger partial charge in [0.2, 0.25) is 5.91 Å². The van der Waals surface area contributed by atoms with Crippen LogP contribution in [0.2, 0.25) is 0 Å². The van der Waals surface area contributed by atoms with Crippen LogP contribution >= 0.6 is 7.82 Å². The van der Waals surface area contributed by atoms with Gasteiger partial charge in [-0.3, -0.25) is 9.36 Å². The van der Waals surface area contributed by atoms with E-state index in [9.17, 15) is 19.4 Å². The fourth-order valence-corrected chi connectivity index (χ4v) is 6.41. The Morgan fingerprint density at radius 3 is 1.48 bits per heavy atom. The number of quaternary nitrogens is 1. The monoisotopic (exact) mass is 677 g/mol. The van der Waals surface area contributed by atoms with Gasteiger partial charge in [-0.25, -0.2) is 0 Å². The molecule has 0 aromatic rings. The molecule has 3 unspecified atom stereocenters. The third-order valence-corrected chi connectivity index (χ3v) is 9.81. The quantitative estimate of drug-likeness (QED) is 0.0394. The molecule has 0 aromatic heterocycles. The van der Waals surface area contributed by atoms with Crippen molar-refractivity contribution >= 4 is 13.7 Å². The Balaban J connectivity index is 4.41. The van der Waals surface area contributed by atoms with Crippen LogP contribution in [0.1, 0.15) is 181 Å². The minimum absolute atomic E-state index is 0.0155. The number of amides is 1. The largest absolute Gasteiger partial charge is 0.756 e. The first-order valence-electron chi connectivity index (χ1n) is 19.4. The first-order valence-corrected chi connectivity index (χ1v) is 20.8. The molecule has 0 fully saturated rings. The number of phosphoric ester groups is 1. The third-order valence-electron chi connectivity index (χ3n) is 8.85. The van der Waals surface area contributed by atoms with Crippen LogP contribution in [0.5, 0.6) is 0 Å². The molecule has 0 spiro atoms. The lowest BCUT2D eigenvalue weighted by atomic mass is 10.0. The first-order chi connectivity index (χ1) is 22.0. The highest BCUT2D eigenvalue weighted by molar-refractivity contribution is 7.45. The van der Waals surface area contributed by atoms with Crippen LogP contribution in [-0.4, -0.2) is 68.5 Å². The molecule has 0 aliphatic heterocycles. The van der Waals surface area contributed by atoms with Crippen molar-refractivity contribution in [3.8, 4) is 0 Å². The molecule has 8 nitrogen and oxygen atoms in total. The summed E-state index contributed by atoms with van der Waals surface area (Å²) in [5, 5.41) is 13.8. The van der Waals surface area contributed by atoms with Crippen LogP contribution in [0.15, 0.2) is 0 Å². The van der Waals surface area contributed by atoms with Gasteiger partial charge in [0, 0.05) is 6.42 Å². The van der Waals surface area contributed by atoms with Crippen LogP contribution in [-0.2, 0) is 18.4 Å². The van der Waals surface area contributed by atoms with Crippen molar-refractivity contribution in [2.24, 2.45) is 0 Å². The molecule has 0 aliphatic carbocycles. The summed E-state index contributed by atoms with van der Waals surface area (Å²) >= 11 is 0. The van der Waals surface area contributed by atoms with Crippen LogP contribution in [0.3, 0.4) is 0 Å². The molecule has 0 heterocycles. The number of hydrogen-bond acceptors (Lipinski definition) is 6. The highest BCUT2D eigenvalue weighted by Crippen LogP contribution is 2.38. The van der Waals surface area contributed by atoms with E-state index in [1.165, 1.54) is 116 Å². The van der Waals surface area contributed by atoms with Crippen molar-refractivity contribution in [3.63, 3.8) is 0 Å². The number of aliphatic hydroxyl groups is 1. The molecule has 0 bridgehead atoms. The van der Waals surface area contributed by atoms with E-state index in [-0.39, 0.29) is 19.1 Å². The number of nitrogens with one attached hydrogen (secondary N) is 1. The van der Waals surface area contributed by atoms with Gasteiger partial charge in [-0.15, -0.1) is 0 Å². The number of phosphoric acid groups is 1. The number of likely N-dealkylation sites (N-methyl/N-ethyl adjacent to an activating group) is 1. The molecule has 0 rings (SSSR count). The maximum atomic E-state index is 12.7. The topological polar surface area (TPSA) is 108 Å². The number of nitrogens with zero attached hydrogens (tertiary/aromatic N) is 1. The van der Waals surface area contributed by atoms with Gasteiger partial charge in [0.15, 0.2) is 0 Å². The standard InChI is InChI=1S/C37H77N2O6P/c1-6-8-10-12-14-16-17-18-19-20-21-23-24-26-28-30-36(40)35(34-45-46(42,43)44-33-32-39(3,4)5)38-37(41)31-29-27-25-22-15-13-11-9-7-2/h35-36,40H,6-34H2,1-5H3,(H-,38,41,42,43). The van der Waals surface area contributed by atoms with Crippen molar-refractivity contribution < 1.29 is 32.9 Å². The van der Waals surface area contributed by atoms with Gasteiger partial charge >= 0.3 is 0 Å². The van der Waals surface area contributed by atoms with E-state index < -0.39 is 20.0 Å². The van der Waals surface area contributed by atoms with Gasteiger partial charge < -0.3 is 28.8 Å². The summed E-state index contributed by atoms with van der Waals surface area (Å²) in [7, 11) is 1.31. The van der Waals surface area contributed by atoms with Crippen molar-refractivity contribution in [1.29, 1.82) is 0 Å². The van der Waals surface area contributed by atoms with E-state index in [4.69, 9.17) is 9.05 Å². The summed E-state index contributed by atoms with van der Waals surface area (Å²) in [6.45, 7) is 4.69. The van der Waals surface area contributed by atoms with Crippen molar-refractivity contribution in [2.75, 3.05) is 40.9 Å². The Kier molecular flexibility index (Phi) is 30.2. The predicted octanol–water partition coefficient (Wildman–Crippen LogP) is 9.22. The minimum Gasteiger partial charge on any atom is -0.756 e. The lowest BCUT2D eigenvalue weighted by Crippen LogP contribution is -2.46. The summed E-state index contributed by atoms with van der Waals surface area (Å²) in [5.74, 6) is -0.168. The number of carbonyl (C=O) groups is 1.